The molecule has 0 bridgehead atoms. The van der Waals surface area contributed by atoms with E-state index in [1.807, 2.05) is 24.3 Å². The summed E-state index contributed by atoms with van der Waals surface area (Å²) in [6.45, 7) is 1.15. The van der Waals surface area contributed by atoms with Gasteiger partial charge < -0.3 is 10.4 Å². The van der Waals surface area contributed by atoms with Crippen LogP contribution in [-0.2, 0) is 0 Å². The Kier molecular flexibility index (Phi) is 2.88. The molecule has 1 aliphatic carbocycles. The number of para-hydroxylation sites is 1. The Morgan fingerprint density at radius 3 is 2.83 bits per heavy atom. The second kappa shape index (κ2) is 4.53. The van der Waals surface area contributed by atoms with Gasteiger partial charge in [0, 0.05) is 18.5 Å². The van der Waals surface area contributed by atoms with Crippen LogP contribution in [0.3, 0.4) is 0 Å². The predicted octanol–water partition coefficient (Wildman–Crippen LogP) is 2.20. The highest BCUT2D eigenvalue weighted by Gasteiger charge is 2.41. The maximum Gasteiger partial charge on any atom is 0.137 e. The summed E-state index contributed by atoms with van der Waals surface area (Å²) in [6, 6.07) is 8.00. The zero-order valence-corrected chi connectivity index (χ0v) is 10.3. The van der Waals surface area contributed by atoms with Crippen molar-refractivity contribution in [3.8, 4) is 0 Å². The molecule has 0 unspecified atom stereocenters. The third kappa shape index (κ3) is 2.16. The van der Waals surface area contributed by atoms with E-state index in [4.69, 9.17) is 5.11 Å². The SMILES string of the molecule is OCCC1(CNc2ncnc3ccccc23)CC1. The molecule has 0 radical (unpaired) electrons. The number of benzene rings is 1. The minimum atomic E-state index is 0.270. The molecular formula is C14H17N3O. The molecule has 3 rings (SSSR count). The van der Waals surface area contributed by atoms with Gasteiger partial charge in [-0.2, -0.15) is 0 Å². The largest absolute Gasteiger partial charge is 0.396 e. The molecule has 1 aliphatic rings. The number of nitrogens with zero attached hydrogens (tertiary/aromatic N) is 2. The molecule has 0 atom stereocenters. The van der Waals surface area contributed by atoms with Gasteiger partial charge in [-0.1, -0.05) is 12.1 Å². The summed E-state index contributed by atoms with van der Waals surface area (Å²) in [5.41, 5.74) is 1.25. The van der Waals surface area contributed by atoms with Crippen LogP contribution in [0.4, 0.5) is 5.82 Å². The van der Waals surface area contributed by atoms with Crippen LogP contribution in [0.1, 0.15) is 19.3 Å². The number of fused-ring (bicyclic) bond motifs is 1. The number of anilines is 1. The predicted molar refractivity (Wildman–Crippen MR) is 71.4 cm³/mol. The minimum absolute atomic E-state index is 0.270. The summed E-state index contributed by atoms with van der Waals surface area (Å²) in [5, 5.41) is 13.5. The Morgan fingerprint density at radius 2 is 2.06 bits per heavy atom. The Balaban J connectivity index is 1.79. The van der Waals surface area contributed by atoms with Crippen molar-refractivity contribution in [3.63, 3.8) is 0 Å². The van der Waals surface area contributed by atoms with Gasteiger partial charge in [-0.25, -0.2) is 9.97 Å². The first-order chi connectivity index (χ1) is 8.83. The second-order valence-electron chi connectivity index (χ2n) is 5.07. The highest BCUT2D eigenvalue weighted by atomic mass is 16.3. The van der Waals surface area contributed by atoms with E-state index in [-0.39, 0.29) is 6.61 Å². The van der Waals surface area contributed by atoms with E-state index in [9.17, 15) is 0 Å². The van der Waals surface area contributed by atoms with Crippen LogP contribution in [-0.4, -0.2) is 28.2 Å². The summed E-state index contributed by atoms with van der Waals surface area (Å²) in [5.74, 6) is 0.893. The lowest BCUT2D eigenvalue weighted by Gasteiger charge is -2.15. The number of hydrogen-bond acceptors (Lipinski definition) is 4. The standard InChI is InChI=1S/C14H17N3O/c18-8-7-14(5-6-14)9-15-13-11-3-1-2-4-12(11)16-10-17-13/h1-4,10,18H,5-9H2,(H,15,16,17). The molecule has 1 fully saturated rings. The lowest BCUT2D eigenvalue weighted by atomic mass is 10.0. The highest BCUT2D eigenvalue weighted by Crippen LogP contribution is 2.48. The molecule has 0 spiro atoms. The van der Waals surface area contributed by atoms with Crippen molar-refractivity contribution < 1.29 is 5.11 Å². The molecule has 1 saturated carbocycles. The maximum atomic E-state index is 9.06. The number of aliphatic hydroxyl groups is 1. The average molecular weight is 243 g/mol. The average Bonchev–Trinajstić information content (AvgIpc) is 3.17. The normalized spacial score (nSPS) is 16.7. The van der Waals surface area contributed by atoms with E-state index >= 15 is 0 Å². The third-order valence-electron chi connectivity index (χ3n) is 3.77. The van der Waals surface area contributed by atoms with Gasteiger partial charge in [-0.15, -0.1) is 0 Å². The van der Waals surface area contributed by atoms with Crippen molar-refractivity contribution in [1.29, 1.82) is 0 Å². The first kappa shape index (κ1) is 11.4. The van der Waals surface area contributed by atoms with Gasteiger partial charge in [0.2, 0.25) is 0 Å². The Labute approximate surface area is 106 Å². The van der Waals surface area contributed by atoms with Crippen molar-refractivity contribution in [1.82, 2.24) is 9.97 Å². The van der Waals surface area contributed by atoms with Gasteiger partial charge in [0.1, 0.15) is 12.1 Å². The molecular weight excluding hydrogens is 226 g/mol. The van der Waals surface area contributed by atoms with Crippen molar-refractivity contribution >= 4 is 16.7 Å². The Morgan fingerprint density at radius 1 is 1.22 bits per heavy atom. The summed E-state index contributed by atoms with van der Waals surface area (Å²) in [7, 11) is 0. The third-order valence-corrected chi connectivity index (χ3v) is 3.77. The second-order valence-corrected chi connectivity index (χ2v) is 5.07. The zero-order chi connectivity index (χ0) is 12.4. The van der Waals surface area contributed by atoms with Crippen molar-refractivity contribution in [2.24, 2.45) is 5.41 Å². The molecule has 4 nitrogen and oxygen atoms in total. The van der Waals surface area contributed by atoms with Crippen LogP contribution in [0, 0.1) is 5.41 Å². The maximum absolute atomic E-state index is 9.06. The van der Waals surface area contributed by atoms with Crippen molar-refractivity contribution in [2.45, 2.75) is 19.3 Å². The molecule has 1 aromatic heterocycles. The molecule has 94 valence electrons. The fourth-order valence-corrected chi connectivity index (χ4v) is 2.35. The van der Waals surface area contributed by atoms with Crippen LogP contribution in [0.2, 0.25) is 0 Å². The summed E-state index contributed by atoms with van der Waals surface area (Å²) in [4.78, 5) is 8.56. The molecule has 4 heteroatoms. The molecule has 1 aromatic carbocycles. The van der Waals surface area contributed by atoms with Crippen LogP contribution in [0.25, 0.3) is 10.9 Å². The number of rotatable bonds is 5. The smallest absolute Gasteiger partial charge is 0.137 e. The number of nitrogens with one attached hydrogen (secondary N) is 1. The van der Waals surface area contributed by atoms with Crippen molar-refractivity contribution in [3.05, 3.63) is 30.6 Å². The van der Waals surface area contributed by atoms with Gasteiger partial charge in [-0.05, 0) is 36.8 Å². The van der Waals surface area contributed by atoms with Gasteiger partial charge in [0.25, 0.3) is 0 Å². The fourth-order valence-electron chi connectivity index (χ4n) is 2.35. The highest BCUT2D eigenvalue weighted by molar-refractivity contribution is 5.88. The summed E-state index contributed by atoms with van der Waals surface area (Å²) < 4.78 is 0. The van der Waals surface area contributed by atoms with Crippen LogP contribution in [0.5, 0.6) is 0 Å². The van der Waals surface area contributed by atoms with Crippen LogP contribution in [0.15, 0.2) is 30.6 Å². The van der Waals surface area contributed by atoms with E-state index in [1.165, 1.54) is 12.8 Å². The van der Waals surface area contributed by atoms with Gasteiger partial charge in [-0.3, -0.25) is 0 Å². The molecule has 0 amide bonds. The summed E-state index contributed by atoms with van der Waals surface area (Å²) >= 11 is 0. The molecule has 2 N–H and O–H groups in total. The lowest BCUT2D eigenvalue weighted by Crippen LogP contribution is -2.17. The van der Waals surface area contributed by atoms with Gasteiger partial charge in [0.05, 0.1) is 5.52 Å². The van der Waals surface area contributed by atoms with E-state index in [0.29, 0.717) is 5.41 Å². The van der Waals surface area contributed by atoms with E-state index in [0.717, 1.165) is 29.7 Å². The Hall–Kier alpha value is -1.68. The zero-order valence-electron chi connectivity index (χ0n) is 10.3. The van der Waals surface area contributed by atoms with Gasteiger partial charge in [0.15, 0.2) is 0 Å². The lowest BCUT2D eigenvalue weighted by molar-refractivity contribution is 0.253. The molecule has 18 heavy (non-hydrogen) atoms. The molecule has 0 aliphatic heterocycles. The fraction of sp³-hybridized carbons (Fsp3) is 0.429. The molecule has 2 aromatic rings. The molecule has 0 saturated heterocycles. The van der Waals surface area contributed by atoms with E-state index in [1.54, 1.807) is 6.33 Å². The topological polar surface area (TPSA) is 58.0 Å². The first-order valence-electron chi connectivity index (χ1n) is 6.37. The Bertz CT molecular complexity index is 546. The minimum Gasteiger partial charge on any atom is -0.396 e. The number of aliphatic hydroxyl groups excluding tert-OH is 1. The van der Waals surface area contributed by atoms with E-state index in [2.05, 4.69) is 15.3 Å². The van der Waals surface area contributed by atoms with Gasteiger partial charge >= 0.3 is 0 Å². The number of hydrogen-bond donors (Lipinski definition) is 2. The van der Waals surface area contributed by atoms with Crippen molar-refractivity contribution in [2.75, 3.05) is 18.5 Å². The van der Waals surface area contributed by atoms with Crippen LogP contribution < -0.4 is 5.32 Å². The quantitative estimate of drug-likeness (QED) is 0.845. The monoisotopic (exact) mass is 243 g/mol. The van der Waals surface area contributed by atoms with Crippen LogP contribution >= 0.6 is 0 Å². The summed E-state index contributed by atoms with van der Waals surface area (Å²) in [6.07, 6.45) is 4.87. The first-order valence-corrected chi connectivity index (χ1v) is 6.37. The van der Waals surface area contributed by atoms with E-state index < -0.39 is 0 Å². The molecule has 1 heterocycles. The number of aromatic nitrogens is 2.